The second kappa shape index (κ2) is 3.87. The van der Waals surface area contributed by atoms with Crippen LogP contribution in [0.2, 0.25) is 0 Å². The Kier molecular flexibility index (Phi) is 2.36. The Morgan fingerprint density at radius 1 is 1.25 bits per heavy atom. The molecular formula is C12H10BrN3. The predicted molar refractivity (Wildman–Crippen MR) is 67.4 cm³/mol. The van der Waals surface area contributed by atoms with Crippen molar-refractivity contribution in [2.24, 2.45) is 0 Å². The molecule has 0 saturated carbocycles. The van der Waals surface area contributed by atoms with Gasteiger partial charge in [0.2, 0.25) is 0 Å². The highest BCUT2D eigenvalue weighted by atomic mass is 79.9. The minimum absolute atomic E-state index is 0.926. The van der Waals surface area contributed by atoms with E-state index in [1.165, 1.54) is 0 Å². The maximum absolute atomic E-state index is 4.63. The Bertz CT molecular complexity index is 540. The molecule has 1 N–H and O–H groups in total. The summed E-state index contributed by atoms with van der Waals surface area (Å²) in [5.74, 6) is 0.927. The summed E-state index contributed by atoms with van der Waals surface area (Å²) in [5, 5.41) is 3.21. The van der Waals surface area contributed by atoms with Gasteiger partial charge in [0, 0.05) is 23.0 Å². The number of hydrogen-bond donors (Lipinski definition) is 1. The van der Waals surface area contributed by atoms with Crippen molar-refractivity contribution in [2.75, 3.05) is 11.9 Å². The first kappa shape index (κ1) is 9.78. The van der Waals surface area contributed by atoms with Gasteiger partial charge in [-0.15, -0.1) is 0 Å². The first-order valence-corrected chi connectivity index (χ1v) is 5.98. The molecule has 1 aliphatic rings. The zero-order chi connectivity index (χ0) is 11.0. The van der Waals surface area contributed by atoms with Crippen LogP contribution < -0.4 is 5.32 Å². The van der Waals surface area contributed by atoms with Crippen LogP contribution in [-0.2, 0) is 6.42 Å². The second-order valence-electron chi connectivity index (χ2n) is 3.71. The van der Waals surface area contributed by atoms with E-state index in [0.29, 0.717) is 0 Å². The number of anilines is 1. The van der Waals surface area contributed by atoms with Crippen molar-refractivity contribution in [3.8, 4) is 11.3 Å². The molecule has 0 saturated heterocycles. The Morgan fingerprint density at radius 3 is 3.00 bits per heavy atom. The summed E-state index contributed by atoms with van der Waals surface area (Å²) in [5.41, 5.74) is 3.08. The summed E-state index contributed by atoms with van der Waals surface area (Å²) in [6.45, 7) is 0.939. The van der Waals surface area contributed by atoms with Crippen molar-refractivity contribution in [1.29, 1.82) is 0 Å². The van der Waals surface area contributed by atoms with E-state index in [-0.39, 0.29) is 0 Å². The van der Waals surface area contributed by atoms with Crippen LogP contribution in [0, 0.1) is 0 Å². The number of nitrogens with one attached hydrogen (secondary N) is 1. The SMILES string of the molecule is Brc1ccccc1-c1cnc2c(n1)CCN2. The third kappa shape index (κ3) is 1.59. The maximum atomic E-state index is 4.63. The van der Waals surface area contributed by atoms with Gasteiger partial charge in [0.05, 0.1) is 17.6 Å². The van der Waals surface area contributed by atoms with Crippen molar-refractivity contribution < 1.29 is 0 Å². The zero-order valence-corrected chi connectivity index (χ0v) is 10.2. The van der Waals surface area contributed by atoms with Crippen LogP contribution in [0.3, 0.4) is 0 Å². The summed E-state index contributed by atoms with van der Waals surface area (Å²) in [7, 11) is 0. The first-order chi connectivity index (χ1) is 7.84. The van der Waals surface area contributed by atoms with Gasteiger partial charge in [0.15, 0.2) is 0 Å². The standard InChI is InChI=1S/C12H10BrN3/c13-9-4-2-1-3-8(9)11-7-15-12-10(16-11)5-6-14-12/h1-4,7H,5-6H2,(H,14,15). The molecule has 4 heteroatoms. The molecule has 0 unspecified atom stereocenters. The topological polar surface area (TPSA) is 37.8 Å². The highest BCUT2D eigenvalue weighted by Crippen LogP contribution is 2.28. The third-order valence-corrected chi connectivity index (χ3v) is 3.34. The Morgan fingerprint density at radius 2 is 2.12 bits per heavy atom. The summed E-state index contributed by atoms with van der Waals surface area (Å²) in [6, 6.07) is 8.06. The van der Waals surface area contributed by atoms with Crippen molar-refractivity contribution in [3.05, 3.63) is 40.6 Å². The summed E-state index contributed by atoms with van der Waals surface area (Å²) >= 11 is 3.53. The molecule has 3 nitrogen and oxygen atoms in total. The lowest BCUT2D eigenvalue weighted by Crippen LogP contribution is -1.94. The van der Waals surface area contributed by atoms with Crippen LogP contribution in [0.1, 0.15) is 5.69 Å². The molecule has 2 heterocycles. The Balaban J connectivity index is 2.11. The molecule has 80 valence electrons. The van der Waals surface area contributed by atoms with Crippen LogP contribution in [0.15, 0.2) is 34.9 Å². The van der Waals surface area contributed by atoms with E-state index in [9.17, 15) is 0 Å². The number of nitrogens with zero attached hydrogens (tertiary/aromatic N) is 2. The quantitative estimate of drug-likeness (QED) is 0.870. The van der Waals surface area contributed by atoms with Crippen molar-refractivity contribution in [1.82, 2.24) is 9.97 Å². The van der Waals surface area contributed by atoms with E-state index in [2.05, 4.69) is 31.2 Å². The molecule has 0 spiro atoms. The minimum Gasteiger partial charge on any atom is -0.368 e. The molecule has 0 amide bonds. The van der Waals surface area contributed by atoms with E-state index in [1.807, 2.05) is 30.5 Å². The smallest absolute Gasteiger partial charge is 0.147 e. The number of benzene rings is 1. The fourth-order valence-electron chi connectivity index (χ4n) is 1.85. The Hall–Kier alpha value is -1.42. The molecule has 0 fully saturated rings. The lowest BCUT2D eigenvalue weighted by Gasteiger charge is -2.05. The molecule has 2 aromatic rings. The highest BCUT2D eigenvalue weighted by Gasteiger charge is 2.14. The fourth-order valence-corrected chi connectivity index (χ4v) is 2.34. The number of fused-ring (bicyclic) bond motifs is 1. The van der Waals surface area contributed by atoms with E-state index >= 15 is 0 Å². The van der Waals surface area contributed by atoms with Crippen LogP contribution in [0.25, 0.3) is 11.3 Å². The molecule has 1 aromatic carbocycles. The Labute approximate surface area is 102 Å². The van der Waals surface area contributed by atoms with Crippen LogP contribution >= 0.6 is 15.9 Å². The second-order valence-corrected chi connectivity index (χ2v) is 4.56. The monoisotopic (exact) mass is 275 g/mol. The molecule has 0 aliphatic carbocycles. The number of hydrogen-bond acceptors (Lipinski definition) is 3. The van der Waals surface area contributed by atoms with Gasteiger partial charge in [0.1, 0.15) is 5.82 Å². The lowest BCUT2D eigenvalue weighted by molar-refractivity contribution is 1.04. The maximum Gasteiger partial charge on any atom is 0.147 e. The van der Waals surface area contributed by atoms with Crippen LogP contribution in [-0.4, -0.2) is 16.5 Å². The third-order valence-electron chi connectivity index (χ3n) is 2.65. The van der Waals surface area contributed by atoms with Crippen LogP contribution in [0.5, 0.6) is 0 Å². The molecule has 0 radical (unpaired) electrons. The van der Waals surface area contributed by atoms with Gasteiger partial charge >= 0.3 is 0 Å². The van der Waals surface area contributed by atoms with Gasteiger partial charge in [-0.2, -0.15) is 0 Å². The van der Waals surface area contributed by atoms with Crippen molar-refractivity contribution >= 4 is 21.7 Å². The van der Waals surface area contributed by atoms with Crippen molar-refractivity contribution in [2.45, 2.75) is 6.42 Å². The molecule has 16 heavy (non-hydrogen) atoms. The number of halogens is 1. The normalized spacial score (nSPS) is 13.3. The number of rotatable bonds is 1. The first-order valence-electron chi connectivity index (χ1n) is 5.19. The molecule has 0 atom stereocenters. The van der Waals surface area contributed by atoms with Gasteiger partial charge in [-0.05, 0) is 6.07 Å². The average molecular weight is 276 g/mol. The fraction of sp³-hybridized carbons (Fsp3) is 0.167. The van der Waals surface area contributed by atoms with E-state index in [0.717, 1.165) is 40.2 Å². The van der Waals surface area contributed by atoms with E-state index < -0.39 is 0 Å². The van der Waals surface area contributed by atoms with Gasteiger partial charge in [-0.25, -0.2) is 9.97 Å². The number of aromatic nitrogens is 2. The van der Waals surface area contributed by atoms with Crippen LogP contribution in [0.4, 0.5) is 5.82 Å². The molecule has 3 rings (SSSR count). The molecule has 1 aromatic heterocycles. The minimum atomic E-state index is 0.926. The molecule has 1 aliphatic heterocycles. The largest absolute Gasteiger partial charge is 0.368 e. The average Bonchev–Trinajstić information content (AvgIpc) is 2.76. The predicted octanol–water partition coefficient (Wildman–Crippen LogP) is 2.87. The van der Waals surface area contributed by atoms with Gasteiger partial charge < -0.3 is 5.32 Å². The highest BCUT2D eigenvalue weighted by molar-refractivity contribution is 9.10. The zero-order valence-electron chi connectivity index (χ0n) is 8.57. The summed E-state index contributed by atoms with van der Waals surface area (Å²) in [4.78, 5) is 9.01. The molecule has 0 bridgehead atoms. The van der Waals surface area contributed by atoms with E-state index in [4.69, 9.17) is 0 Å². The van der Waals surface area contributed by atoms with Gasteiger partial charge in [-0.3, -0.25) is 0 Å². The van der Waals surface area contributed by atoms with E-state index in [1.54, 1.807) is 0 Å². The molecular weight excluding hydrogens is 266 g/mol. The summed E-state index contributed by atoms with van der Waals surface area (Å²) in [6.07, 6.45) is 2.78. The van der Waals surface area contributed by atoms with Gasteiger partial charge in [0.25, 0.3) is 0 Å². The van der Waals surface area contributed by atoms with Gasteiger partial charge in [-0.1, -0.05) is 34.1 Å². The van der Waals surface area contributed by atoms with Crippen molar-refractivity contribution in [3.63, 3.8) is 0 Å². The summed E-state index contributed by atoms with van der Waals surface area (Å²) < 4.78 is 1.05. The lowest BCUT2D eigenvalue weighted by atomic mass is 10.1.